The Morgan fingerprint density at radius 2 is 1.48 bits per heavy atom. The molecule has 0 aromatic heterocycles. The summed E-state index contributed by atoms with van der Waals surface area (Å²) < 4.78 is 37.7. The molecule has 0 aliphatic rings. The van der Waals surface area contributed by atoms with Crippen LogP contribution in [0.15, 0.2) is 78.9 Å². The molecule has 10 heteroatoms. The molecule has 0 radical (unpaired) electrons. The lowest BCUT2D eigenvalue weighted by molar-refractivity contribution is -0.140. The van der Waals surface area contributed by atoms with Gasteiger partial charge in [0.15, 0.2) is 0 Å². The van der Waals surface area contributed by atoms with Crippen molar-refractivity contribution in [1.82, 2.24) is 10.2 Å². The van der Waals surface area contributed by atoms with Crippen molar-refractivity contribution in [3.63, 3.8) is 0 Å². The minimum absolute atomic E-state index is 0.111. The van der Waals surface area contributed by atoms with E-state index in [4.69, 9.17) is 9.47 Å². The van der Waals surface area contributed by atoms with Crippen LogP contribution in [0.25, 0.3) is 0 Å². The Hall–Kier alpha value is -4.05. The van der Waals surface area contributed by atoms with Gasteiger partial charge in [-0.1, -0.05) is 60.7 Å². The van der Waals surface area contributed by atoms with E-state index in [1.165, 1.54) is 25.2 Å². The highest BCUT2D eigenvalue weighted by Gasteiger charge is 2.34. The topological polar surface area (TPSA) is 105 Å². The number of hydrogen-bond donors (Lipinski definition) is 1. The van der Waals surface area contributed by atoms with Crippen molar-refractivity contribution in [2.75, 3.05) is 31.3 Å². The summed E-state index contributed by atoms with van der Waals surface area (Å²) in [5, 5.41) is 2.93. The van der Waals surface area contributed by atoms with Crippen LogP contribution in [0, 0.1) is 0 Å². The van der Waals surface area contributed by atoms with Crippen molar-refractivity contribution in [3.8, 4) is 11.5 Å². The Kier molecular flexibility index (Phi) is 10.6. The minimum Gasteiger partial charge on any atom is -0.497 e. The van der Waals surface area contributed by atoms with E-state index in [-0.39, 0.29) is 36.4 Å². The Labute approximate surface area is 236 Å². The van der Waals surface area contributed by atoms with Crippen molar-refractivity contribution in [1.29, 1.82) is 0 Å². The van der Waals surface area contributed by atoms with E-state index < -0.39 is 28.5 Å². The molecule has 0 heterocycles. The van der Waals surface area contributed by atoms with Crippen LogP contribution in [0.5, 0.6) is 11.5 Å². The number of methoxy groups -OCH3 is 2. The molecular weight excluding hydrogens is 530 g/mol. The van der Waals surface area contributed by atoms with E-state index in [0.717, 1.165) is 21.7 Å². The molecule has 0 bridgehead atoms. The molecule has 1 atom stereocenters. The van der Waals surface area contributed by atoms with Gasteiger partial charge in [0.25, 0.3) is 0 Å². The number of nitrogens with zero attached hydrogens (tertiary/aromatic N) is 2. The first kappa shape index (κ1) is 30.5. The summed E-state index contributed by atoms with van der Waals surface area (Å²) >= 11 is 0. The lowest BCUT2D eigenvalue weighted by atomic mass is 10.0. The van der Waals surface area contributed by atoms with E-state index in [1.807, 2.05) is 74.5 Å². The lowest BCUT2D eigenvalue weighted by Crippen LogP contribution is -2.54. The number of sulfonamides is 1. The van der Waals surface area contributed by atoms with Crippen LogP contribution in [-0.2, 0) is 32.6 Å². The summed E-state index contributed by atoms with van der Waals surface area (Å²) in [6.07, 6.45) is 1.28. The molecule has 9 nitrogen and oxygen atoms in total. The molecule has 1 N–H and O–H groups in total. The van der Waals surface area contributed by atoms with Crippen molar-refractivity contribution in [2.24, 2.45) is 0 Å². The molecule has 3 aromatic carbocycles. The Morgan fingerprint density at radius 3 is 2.00 bits per heavy atom. The van der Waals surface area contributed by atoms with Gasteiger partial charge in [-0.15, -0.1) is 0 Å². The van der Waals surface area contributed by atoms with Crippen LogP contribution in [0.2, 0.25) is 0 Å². The average Bonchev–Trinajstić information content (AvgIpc) is 2.93. The third kappa shape index (κ3) is 8.22. The van der Waals surface area contributed by atoms with Crippen LogP contribution >= 0.6 is 0 Å². The summed E-state index contributed by atoms with van der Waals surface area (Å²) in [5.74, 6) is -0.159. The van der Waals surface area contributed by atoms with Gasteiger partial charge in [0.1, 0.15) is 24.1 Å². The molecule has 2 amide bonds. The number of amides is 2. The maximum atomic E-state index is 14.1. The van der Waals surface area contributed by atoms with E-state index >= 15 is 0 Å². The average molecular weight is 568 g/mol. The van der Waals surface area contributed by atoms with E-state index in [0.29, 0.717) is 5.75 Å². The second-order valence-corrected chi connectivity index (χ2v) is 11.6. The second-order valence-electron chi connectivity index (χ2n) is 9.68. The monoisotopic (exact) mass is 567 g/mol. The van der Waals surface area contributed by atoms with Gasteiger partial charge in [0.2, 0.25) is 21.8 Å². The zero-order valence-corrected chi connectivity index (χ0v) is 24.4. The maximum absolute atomic E-state index is 14.1. The van der Waals surface area contributed by atoms with Crippen LogP contribution in [-0.4, -0.2) is 64.2 Å². The molecule has 0 saturated carbocycles. The molecule has 0 saturated heterocycles. The molecule has 0 fully saturated rings. The first-order valence-corrected chi connectivity index (χ1v) is 14.8. The number of anilines is 1. The van der Waals surface area contributed by atoms with E-state index in [9.17, 15) is 18.0 Å². The second kappa shape index (κ2) is 13.8. The summed E-state index contributed by atoms with van der Waals surface area (Å²) in [7, 11) is -1.03. The van der Waals surface area contributed by atoms with Gasteiger partial charge in [-0.05, 0) is 37.1 Å². The largest absolute Gasteiger partial charge is 0.497 e. The molecule has 0 aliphatic heterocycles. The van der Waals surface area contributed by atoms with E-state index in [2.05, 4.69) is 5.32 Å². The van der Waals surface area contributed by atoms with Crippen molar-refractivity contribution in [3.05, 3.63) is 90.0 Å². The minimum atomic E-state index is -3.93. The van der Waals surface area contributed by atoms with Gasteiger partial charge in [0, 0.05) is 25.1 Å². The quantitative estimate of drug-likeness (QED) is 0.338. The first-order valence-electron chi connectivity index (χ1n) is 12.9. The van der Waals surface area contributed by atoms with E-state index in [1.54, 1.807) is 12.1 Å². The van der Waals surface area contributed by atoms with Gasteiger partial charge in [-0.2, -0.15) is 0 Å². The summed E-state index contributed by atoms with van der Waals surface area (Å²) in [6, 6.07) is 22.3. The fourth-order valence-electron chi connectivity index (χ4n) is 4.30. The van der Waals surface area contributed by atoms with Gasteiger partial charge in [0.05, 0.1) is 26.2 Å². The van der Waals surface area contributed by atoms with Gasteiger partial charge < -0.3 is 19.7 Å². The summed E-state index contributed by atoms with van der Waals surface area (Å²) in [5.41, 5.74) is 1.86. The van der Waals surface area contributed by atoms with Crippen LogP contribution < -0.4 is 19.1 Å². The highest BCUT2D eigenvalue weighted by Crippen LogP contribution is 2.33. The molecule has 3 aromatic rings. The highest BCUT2D eigenvalue weighted by molar-refractivity contribution is 7.92. The van der Waals surface area contributed by atoms with Gasteiger partial charge >= 0.3 is 0 Å². The van der Waals surface area contributed by atoms with Crippen LogP contribution in [0.1, 0.15) is 25.0 Å². The number of hydrogen-bond acceptors (Lipinski definition) is 6. The van der Waals surface area contributed by atoms with Gasteiger partial charge in [-0.25, -0.2) is 8.42 Å². The Balaban J connectivity index is 2.07. The molecule has 214 valence electrons. The number of ether oxygens (including phenoxy) is 2. The summed E-state index contributed by atoms with van der Waals surface area (Å²) in [6.45, 7) is 3.28. The molecule has 40 heavy (non-hydrogen) atoms. The fraction of sp³-hybridized carbons (Fsp3) is 0.333. The zero-order valence-electron chi connectivity index (χ0n) is 23.5. The normalized spacial score (nSPS) is 11.9. The van der Waals surface area contributed by atoms with Crippen LogP contribution in [0.3, 0.4) is 0 Å². The third-order valence-electron chi connectivity index (χ3n) is 6.23. The molecule has 0 aliphatic carbocycles. The Morgan fingerprint density at radius 1 is 0.875 bits per heavy atom. The molecular formula is C30H37N3O6S. The molecule has 1 unspecified atom stereocenters. The number of benzene rings is 3. The smallest absolute Gasteiger partial charge is 0.244 e. The SMILES string of the molecule is COc1ccc(N(CC(=O)N(Cc2ccccc2)C(Cc2ccccc2)C(=O)NC(C)C)S(C)(=O)=O)c(OC)c1. The predicted octanol–water partition coefficient (Wildman–Crippen LogP) is 3.63. The highest BCUT2D eigenvalue weighted by atomic mass is 32.2. The number of carbonyl (C=O) groups excluding carboxylic acids is 2. The van der Waals surface area contributed by atoms with Crippen molar-refractivity contribution in [2.45, 2.75) is 38.9 Å². The summed E-state index contributed by atoms with van der Waals surface area (Å²) in [4.78, 5) is 29.1. The first-order chi connectivity index (χ1) is 19.0. The zero-order chi connectivity index (χ0) is 29.3. The maximum Gasteiger partial charge on any atom is 0.244 e. The van der Waals surface area contributed by atoms with Crippen LogP contribution in [0.4, 0.5) is 5.69 Å². The van der Waals surface area contributed by atoms with Crippen molar-refractivity contribution < 1.29 is 27.5 Å². The number of rotatable bonds is 13. The number of carbonyl (C=O) groups is 2. The van der Waals surface area contributed by atoms with Gasteiger partial charge in [-0.3, -0.25) is 13.9 Å². The third-order valence-corrected chi connectivity index (χ3v) is 7.36. The molecule has 3 rings (SSSR count). The molecule has 0 spiro atoms. The predicted molar refractivity (Wildman–Crippen MR) is 156 cm³/mol. The lowest BCUT2D eigenvalue weighted by Gasteiger charge is -2.34. The Bertz CT molecular complexity index is 1380. The fourth-order valence-corrected chi connectivity index (χ4v) is 5.15. The number of nitrogens with one attached hydrogen (secondary N) is 1. The standard InChI is InChI=1S/C30H37N3O6S/c1-22(2)31-30(35)27(18-23-12-8-6-9-13-23)32(20-24-14-10-7-11-15-24)29(34)21-33(40(5,36)37)26-17-16-25(38-3)19-28(26)39-4/h6-17,19,22,27H,18,20-21H2,1-5H3,(H,31,35). The van der Waals surface area contributed by atoms with Crippen molar-refractivity contribution >= 4 is 27.5 Å².